The van der Waals surface area contributed by atoms with E-state index in [-0.39, 0.29) is 6.61 Å². The van der Waals surface area contributed by atoms with Gasteiger partial charge in [-0.25, -0.2) is 4.98 Å². The highest BCUT2D eigenvalue weighted by Crippen LogP contribution is 2.30. The molecule has 8 nitrogen and oxygen atoms in total. The topological polar surface area (TPSA) is 114 Å². The maximum atomic E-state index is 9.89. The Balaban J connectivity index is 2.00. The van der Waals surface area contributed by atoms with Gasteiger partial charge >= 0.3 is 0 Å². The van der Waals surface area contributed by atoms with Gasteiger partial charge in [0.15, 0.2) is 11.9 Å². The van der Waals surface area contributed by atoms with Crippen molar-refractivity contribution in [2.24, 2.45) is 0 Å². The highest BCUT2D eigenvalue weighted by Gasteiger charge is 2.44. The molecule has 2 aromatic rings. The van der Waals surface area contributed by atoms with Crippen LogP contribution in [0.5, 0.6) is 0 Å². The zero-order valence-corrected chi connectivity index (χ0v) is 9.29. The van der Waals surface area contributed by atoms with E-state index in [1.807, 2.05) is 0 Å². The number of nitrogens with zero attached hydrogens (tertiary/aromatic N) is 4. The number of ether oxygens (including phenoxy) is 1. The molecule has 8 heteroatoms. The van der Waals surface area contributed by atoms with Gasteiger partial charge in [0.1, 0.15) is 23.8 Å². The van der Waals surface area contributed by atoms with Crippen LogP contribution in [0.25, 0.3) is 11.2 Å². The van der Waals surface area contributed by atoms with Crippen molar-refractivity contribution < 1.29 is 20.1 Å². The molecular formula is C10H12N4O4. The van der Waals surface area contributed by atoms with Crippen LogP contribution in [0.3, 0.4) is 0 Å². The van der Waals surface area contributed by atoms with Gasteiger partial charge in [-0.15, -0.1) is 5.10 Å². The molecular weight excluding hydrogens is 240 g/mol. The summed E-state index contributed by atoms with van der Waals surface area (Å²) in [5, 5.41) is 36.3. The monoisotopic (exact) mass is 252 g/mol. The van der Waals surface area contributed by atoms with Crippen molar-refractivity contribution in [1.29, 1.82) is 0 Å². The molecule has 0 saturated carbocycles. The third-order valence-electron chi connectivity index (χ3n) is 2.99. The number of hydrogen-bond acceptors (Lipinski definition) is 7. The molecule has 4 atom stereocenters. The number of fused-ring (bicyclic) bond motifs is 1. The molecule has 0 radical (unpaired) electrons. The van der Waals surface area contributed by atoms with Crippen molar-refractivity contribution in [1.82, 2.24) is 20.0 Å². The molecule has 96 valence electrons. The number of aromatic nitrogens is 4. The molecule has 0 aromatic carbocycles. The molecule has 0 aliphatic carbocycles. The maximum absolute atomic E-state index is 9.89. The van der Waals surface area contributed by atoms with Crippen molar-refractivity contribution in [2.75, 3.05) is 6.61 Å². The minimum Gasteiger partial charge on any atom is -0.394 e. The van der Waals surface area contributed by atoms with E-state index in [2.05, 4.69) is 15.3 Å². The fourth-order valence-electron chi connectivity index (χ4n) is 2.04. The molecule has 3 heterocycles. The fourth-order valence-corrected chi connectivity index (χ4v) is 2.04. The highest BCUT2D eigenvalue weighted by molar-refractivity contribution is 5.68. The van der Waals surface area contributed by atoms with Gasteiger partial charge < -0.3 is 20.1 Å². The van der Waals surface area contributed by atoms with Crippen LogP contribution in [0.2, 0.25) is 0 Å². The van der Waals surface area contributed by atoms with E-state index < -0.39 is 24.5 Å². The molecule has 18 heavy (non-hydrogen) atoms. The van der Waals surface area contributed by atoms with E-state index in [1.54, 1.807) is 18.3 Å². The summed E-state index contributed by atoms with van der Waals surface area (Å²) in [5.74, 6) is 0. The average molecular weight is 252 g/mol. The van der Waals surface area contributed by atoms with Crippen LogP contribution in [0.1, 0.15) is 6.23 Å². The lowest BCUT2D eigenvalue weighted by molar-refractivity contribution is -0.0574. The standard InChI is InChI=1S/C10H12N4O4/c15-4-6-7(16)8(17)10(18-6)14-9-5(12-13-14)2-1-3-11-9/h1-3,6-8,10,15-17H,4H2. The summed E-state index contributed by atoms with van der Waals surface area (Å²) in [6.45, 7) is -0.380. The Morgan fingerprint density at radius 3 is 2.89 bits per heavy atom. The van der Waals surface area contributed by atoms with Crippen LogP contribution in [0.4, 0.5) is 0 Å². The zero-order chi connectivity index (χ0) is 12.7. The molecule has 0 bridgehead atoms. The Kier molecular flexibility index (Phi) is 2.71. The first-order chi connectivity index (χ1) is 8.72. The molecule has 4 unspecified atom stereocenters. The van der Waals surface area contributed by atoms with Crippen LogP contribution in [0, 0.1) is 0 Å². The van der Waals surface area contributed by atoms with E-state index in [9.17, 15) is 10.2 Å². The summed E-state index contributed by atoms with van der Waals surface area (Å²) >= 11 is 0. The van der Waals surface area contributed by atoms with Gasteiger partial charge in [0, 0.05) is 6.20 Å². The number of rotatable bonds is 2. The fraction of sp³-hybridized carbons (Fsp3) is 0.500. The lowest BCUT2D eigenvalue weighted by Crippen LogP contribution is -2.33. The van der Waals surface area contributed by atoms with E-state index in [0.29, 0.717) is 11.2 Å². The third-order valence-corrected chi connectivity index (χ3v) is 2.99. The Bertz CT molecular complexity index is 560. The average Bonchev–Trinajstić information content (AvgIpc) is 2.93. The van der Waals surface area contributed by atoms with Gasteiger partial charge in [0.05, 0.1) is 6.61 Å². The van der Waals surface area contributed by atoms with Crippen molar-refractivity contribution in [3.63, 3.8) is 0 Å². The molecule has 0 amide bonds. The van der Waals surface area contributed by atoms with Gasteiger partial charge in [-0.1, -0.05) is 5.21 Å². The number of aliphatic hydroxyl groups excluding tert-OH is 3. The smallest absolute Gasteiger partial charge is 0.183 e. The van der Waals surface area contributed by atoms with Gasteiger partial charge in [-0.3, -0.25) is 0 Å². The minimum atomic E-state index is -1.19. The van der Waals surface area contributed by atoms with Crippen molar-refractivity contribution in [3.05, 3.63) is 18.3 Å². The summed E-state index contributed by atoms with van der Waals surface area (Å²) < 4.78 is 6.66. The predicted octanol–water partition coefficient (Wildman–Crippen LogP) is -1.56. The van der Waals surface area contributed by atoms with E-state index >= 15 is 0 Å². The predicted molar refractivity (Wildman–Crippen MR) is 58.3 cm³/mol. The van der Waals surface area contributed by atoms with E-state index in [1.165, 1.54) is 4.68 Å². The molecule has 2 aromatic heterocycles. The quantitative estimate of drug-likeness (QED) is 0.592. The lowest BCUT2D eigenvalue weighted by Gasteiger charge is -2.14. The van der Waals surface area contributed by atoms with Gasteiger partial charge in [0.25, 0.3) is 0 Å². The van der Waals surface area contributed by atoms with Crippen LogP contribution >= 0.6 is 0 Å². The number of pyridine rings is 1. The first kappa shape index (κ1) is 11.5. The maximum Gasteiger partial charge on any atom is 0.183 e. The molecule has 1 aliphatic heterocycles. The second-order valence-corrected chi connectivity index (χ2v) is 4.11. The van der Waals surface area contributed by atoms with Crippen LogP contribution in [-0.4, -0.2) is 60.2 Å². The molecule has 1 aliphatic rings. The van der Waals surface area contributed by atoms with Crippen molar-refractivity contribution in [2.45, 2.75) is 24.5 Å². The first-order valence-corrected chi connectivity index (χ1v) is 5.50. The van der Waals surface area contributed by atoms with E-state index in [4.69, 9.17) is 9.84 Å². The SMILES string of the molecule is OCC1OC(n2nnc3cccnc32)C(O)C1O. The van der Waals surface area contributed by atoms with Gasteiger partial charge in [-0.2, -0.15) is 4.68 Å². The number of aliphatic hydroxyl groups is 3. The Morgan fingerprint density at radius 2 is 2.17 bits per heavy atom. The Labute approximate surface area is 101 Å². The van der Waals surface area contributed by atoms with Crippen molar-refractivity contribution >= 4 is 11.2 Å². The molecule has 3 rings (SSSR count). The Hall–Kier alpha value is -1.61. The summed E-state index contributed by atoms with van der Waals surface area (Å²) in [6.07, 6.45) is -2.52. The second kappa shape index (κ2) is 4.25. The first-order valence-electron chi connectivity index (χ1n) is 5.50. The van der Waals surface area contributed by atoms with Crippen LogP contribution in [-0.2, 0) is 4.74 Å². The van der Waals surface area contributed by atoms with Crippen molar-refractivity contribution in [3.8, 4) is 0 Å². The lowest BCUT2D eigenvalue weighted by atomic mass is 10.1. The minimum absolute atomic E-state index is 0.380. The largest absolute Gasteiger partial charge is 0.394 e. The zero-order valence-electron chi connectivity index (χ0n) is 9.29. The number of hydrogen-bond donors (Lipinski definition) is 3. The summed E-state index contributed by atoms with van der Waals surface area (Å²) in [5.41, 5.74) is 1.02. The molecule has 1 fully saturated rings. The summed E-state index contributed by atoms with van der Waals surface area (Å²) in [4.78, 5) is 4.10. The molecule has 3 N–H and O–H groups in total. The second-order valence-electron chi connectivity index (χ2n) is 4.11. The van der Waals surface area contributed by atoms with Crippen LogP contribution < -0.4 is 0 Å². The summed E-state index contributed by atoms with van der Waals surface area (Å²) in [6, 6.07) is 3.45. The third kappa shape index (κ3) is 1.58. The highest BCUT2D eigenvalue weighted by atomic mass is 16.6. The van der Waals surface area contributed by atoms with Crippen LogP contribution in [0.15, 0.2) is 18.3 Å². The van der Waals surface area contributed by atoms with Gasteiger partial charge in [-0.05, 0) is 12.1 Å². The summed E-state index contributed by atoms with van der Waals surface area (Å²) in [7, 11) is 0. The molecule has 1 saturated heterocycles. The van der Waals surface area contributed by atoms with Gasteiger partial charge in [0.2, 0.25) is 0 Å². The Morgan fingerprint density at radius 1 is 1.33 bits per heavy atom. The molecule has 0 spiro atoms. The normalized spacial score (nSPS) is 32.2. The van der Waals surface area contributed by atoms with E-state index in [0.717, 1.165) is 0 Å².